The van der Waals surface area contributed by atoms with Crippen molar-refractivity contribution in [1.29, 1.82) is 0 Å². The minimum atomic E-state index is -3.67. The number of rotatable bonds is 3. The van der Waals surface area contributed by atoms with E-state index in [4.69, 9.17) is 0 Å². The first-order valence-electron chi connectivity index (χ1n) is 5.97. The van der Waals surface area contributed by atoms with Gasteiger partial charge >= 0.3 is 137 Å². The molecule has 21 heavy (non-hydrogen) atoms. The van der Waals surface area contributed by atoms with Crippen LogP contribution < -0.4 is 4.72 Å². The van der Waals surface area contributed by atoms with Crippen LogP contribution in [-0.2, 0) is 10.0 Å². The molecule has 0 atom stereocenters. The molecule has 108 valence electrons. The number of anilines is 1. The molecule has 0 saturated heterocycles. The van der Waals surface area contributed by atoms with E-state index in [1.807, 2.05) is 13.0 Å². The van der Waals surface area contributed by atoms with Gasteiger partial charge in [0.15, 0.2) is 0 Å². The Labute approximate surface area is 136 Å². The Morgan fingerprint density at radius 1 is 1.19 bits per heavy atom. The molecule has 8 heteroatoms. The predicted octanol–water partition coefficient (Wildman–Crippen LogP) is 2.56. The van der Waals surface area contributed by atoms with Crippen molar-refractivity contribution in [2.24, 2.45) is 0 Å². The van der Waals surface area contributed by atoms with Crippen LogP contribution in [0, 0.1) is 6.92 Å². The fourth-order valence-corrected chi connectivity index (χ4v) is 5.32. The van der Waals surface area contributed by atoms with Crippen molar-refractivity contribution in [3.8, 4) is 0 Å². The van der Waals surface area contributed by atoms with Gasteiger partial charge in [-0.1, -0.05) is 0 Å². The van der Waals surface area contributed by atoms with E-state index in [1.165, 1.54) is 0 Å². The van der Waals surface area contributed by atoms with Crippen LogP contribution in [0.4, 0.5) is 5.69 Å². The third-order valence-electron chi connectivity index (χ3n) is 2.91. The molecule has 0 saturated carbocycles. The molecule has 2 aromatic carbocycles. The first kappa shape index (κ1) is 14.7. The summed E-state index contributed by atoms with van der Waals surface area (Å²) in [5.41, 5.74) is 2.79. The summed E-state index contributed by atoms with van der Waals surface area (Å²) < 4.78 is 36.7. The molecule has 3 rings (SSSR count). The molecule has 0 bridgehead atoms. The first-order valence-corrected chi connectivity index (χ1v) is 9.78. The van der Waals surface area contributed by atoms with Gasteiger partial charge in [-0.05, 0) is 0 Å². The maximum atomic E-state index is 12.5. The monoisotopic (exact) mass is 431 g/mol. The average molecular weight is 431 g/mol. The van der Waals surface area contributed by atoms with E-state index in [0.29, 0.717) is 15.7 Å². The van der Waals surface area contributed by atoms with Crippen LogP contribution in [0.5, 0.6) is 0 Å². The molecule has 0 aliphatic rings. The van der Waals surface area contributed by atoms with Crippen molar-refractivity contribution in [1.82, 2.24) is 7.96 Å². The summed E-state index contributed by atoms with van der Waals surface area (Å²) in [5.74, 6) is 0. The Kier molecular flexibility index (Phi) is 3.88. The molecule has 0 aliphatic carbocycles. The maximum absolute atomic E-state index is 12.5. The summed E-state index contributed by atoms with van der Waals surface area (Å²) in [5, 5.41) is 0. The summed E-state index contributed by atoms with van der Waals surface area (Å²) in [6.07, 6.45) is 0. The molecule has 3 aromatic rings. The van der Waals surface area contributed by atoms with Crippen molar-refractivity contribution in [3.63, 3.8) is 0 Å². The molecule has 1 N–H and O–H groups in total. The molecule has 1 aromatic heterocycles. The van der Waals surface area contributed by atoms with Crippen molar-refractivity contribution < 1.29 is 8.42 Å². The molecule has 0 amide bonds. The van der Waals surface area contributed by atoms with Crippen molar-refractivity contribution in [3.05, 3.63) is 46.4 Å². The first-order chi connectivity index (χ1) is 9.97. The summed E-state index contributed by atoms with van der Waals surface area (Å²) in [4.78, 5) is 0.200. The van der Waals surface area contributed by atoms with Crippen molar-refractivity contribution in [2.75, 3.05) is 4.72 Å². The molecule has 0 spiro atoms. The van der Waals surface area contributed by atoms with Gasteiger partial charge in [-0.15, -0.1) is 0 Å². The Morgan fingerprint density at radius 2 is 2.00 bits per heavy atom. The number of nitrogens with one attached hydrogen (secondary N) is 1. The number of aryl methyl sites for hydroxylation is 1. The fourth-order valence-electron chi connectivity index (χ4n) is 1.91. The van der Waals surface area contributed by atoms with Crippen LogP contribution >= 0.6 is 15.9 Å². The normalized spacial score (nSPS) is 11.7. The summed E-state index contributed by atoms with van der Waals surface area (Å²) in [6, 6.07) is 10.4. The SMILES string of the molecule is Cc1ccc(S(=O)(=O)Nc2cccc3n[se]nc23)c(Br)c1. The van der Waals surface area contributed by atoms with Crippen LogP contribution in [0.1, 0.15) is 5.56 Å². The molecule has 5 nitrogen and oxygen atoms in total. The van der Waals surface area contributed by atoms with Crippen LogP contribution in [0.2, 0.25) is 0 Å². The van der Waals surface area contributed by atoms with Crippen LogP contribution in [0.25, 0.3) is 11.0 Å². The zero-order valence-electron chi connectivity index (χ0n) is 10.9. The van der Waals surface area contributed by atoms with Gasteiger partial charge in [-0.3, -0.25) is 0 Å². The zero-order valence-corrected chi connectivity index (χ0v) is 15.0. The molecule has 0 aliphatic heterocycles. The summed E-state index contributed by atoms with van der Waals surface area (Å²) in [6.45, 7) is 1.90. The molecular formula is C13H10BrN3O2SSe. The molecule has 0 unspecified atom stereocenters. The number of benzene rings is 2. The van der Waals surface area contributed by atoms with Gasteiger partial charge in [0.05, 0.1) is 0 Å². The van der Waals surface area contributed by atoms with E-state index < -0.39 is 10.0 Å². The van der Waals surface area contributed by atoms with Gasteiger partial charge in [0, 0.05) is 0 Å². The number of halogens is 1. The van der Waals surface area contributed by atoms with E-state index in [-0.39, 0.29) is 19.9 Å². The van der Waals surface area contributed by atoms with Crippen LogP contribution in [-0.4, -0.2) is 31.3 Å². The van der Waals surface area contributed by atoms with E-state index in [1.54, 1.807) is 30.3 Å². The molecule has 1 heterocycles. The Hall–Kier alpha value is -1.21. The van der Waals surface area contributed by atoms with E-state index >= 15 is 0 Å². The second kappa shape index (κ2) is 5.53. The van der Waals surface area contributed by atoms with Crippen LogP contribution in [0.15, 0.2) is 45.8 Å². The van der Waals surface area contributed by atoms with Gasteiger partial charge in [-0.2, -0.15) is 0 Å². The second-order valence-electron chi connectivity index (χ2n) is 4.48. The average Bonchev–Trinajstić information content (AvgIpc) is 2.87. The van der Waals surface area contributed by atoms with Crippen LogP contribution in [0.3, 0.4) is 0 Å². The Morgan fingerprint density at radius 3 is 2.76 bits per heavy atom. The number of sulfonamides is 1. The van der Waals surface area contributed by atoms with Gasteiger partial charge < -0.3 is 0 Å². The molecule has 0 radical (unpaired) electrons. The Bertz CT molecular complexity index is 924. The van der Waals surface area contributed by atoms with E-state index in [2.05, 4.69) is 28.6 Å². The van der Waals surface area contributed by atoms with Gasteiger partial charge in [-0.25, -0.2) is 0 Å². The Balaban J connectivity index is 2.05. The summed E-state index contributed by atoms with van der Waals surface area (Å²) in [7, 11) is -3.67. The number of hydrogen-bond acceptors (Lipinski definition) is 4. The third-order valence-corrected chi connectivity index (χ3v) is 6.39. The fraction of sp³-hybridized carbons (Fsp3) is 0.0769. The van der Waals surface area contributed by atoms with Gasteiger partial charge in [0.25, 0.3) is 0 Å². The zero-order chi connectivity index (χ0) is 15.0. The number of hydrogen-bond donors (Lipinski definition) is 1. The van der Waals surface area contributed by atoms with Crippen molar-refractivity contribution >= 4 is 57.6 Å². The third kappa shape index (κ3) is 2.89. The standard InChI is InChI=1S/C13H10BrN3O2SSe/c1-8-5-6-12(9(14)7-8)20(18,19)15-10-3-2-4-11-13(10)17-21-16-11/h2-7,15H,1H3. The van der Waals surface area contributed by atoms with E-state index in [0.717, 1.165) is 11.1 Å². The minimum absolute atomic E-state index is 0.200. The topological polar surface area (TPSA) is 72.0 Å². The molecule has 0 fully saturated rings. The summed E-state index contributed by atoms with van der Waals surface area (Å²) >= 11 is 3.10. The van der Waals surface area contributed by atoms with Gasteiger partial charge in [0.2, 0.25) is 0 Å². The van der Waals surface area contributed by atoms with E-state index in [9.17, 15) is 8.42 Å². The van der Waals surface area contributed by atoms with Gasteiger partial charge in [0.1, 0.15) is 0 Å². The second-order valence-corrected chi connectivity index (χ2v) is 8.09. The quantitative estimate of drug-likeness (QED) is 0.648. The molecular weight excluding hydrogens is 421 g/mol. The van der Waals surface area contributed by atoms with Crippen molar-refractivity contribution in [2.45, 2.75) is 11.8 Å². The number of fused-ring (bicyclic) bond motifs is 1. The number of aromatic nitrogens is 2. The number of nitrogens with zero attached hydrogens (tertiary/aromatic N) is 2. The predicted molar refractivity (Wildman–Crippen MR) is 86.2 cm³/mol.